The average molecular weight is 220 g/mol. The largest absolute Gasteiger partial charge is 0.325 e. The van der Waals surface area contributed by atoms with Gasteiger partial charge in [0.15, 0.2) is 0 Å². The first-order valence-electron chi connectivity index (χ1n) is 5.81. The van der Waals surface area contributed by atoms with Gasteiger partial charge in [-0.2, -0.15) is 0 Å². The molecule has 0 saturated carbocycles. The van der Waals surface area contributed by atoms with E-state index in [2.05, 4.69) is 64.0 Å². The average Bonchev–Trinajstić information content (AvgIpc) is 2.14. The Bertz CT molecular complexity index is 320. The maximum atomic E-state index is 6.27. The quantitative estimate of drug-likeness (QED) is 0.844. The molecule has 90 valence electrons. The minimum Gasteiger partial charge on any atom is -0.325 e. The number of benzene rings is 1. The third-order valence-corrected chi connectivity index (χ3v) is 2.93. The molecule has 2 nitrogen and oxygen atoms in total. The monoisotopic (exact) mass is 220 g/mol. The van der Waals surface area contributed by atoms with Gasteiger partial charge in [-0.1, -0.05) is 29.8 Å². The molecule has 1 unspecified atom stereocenters. The van der Waals surface area contributed by atoms with Crippen LogP contribution in [0.25, 0.3) is 0 Å². The van der Waals surface area contributed by atoms with E-state index in [9.17, 15) is 0 Å². The van der Waals surface area contributed by atoms with Crippen molar-refractivity contribution in [2.45, 2.75) is 32.2 Å². The van der Waals surface area contributed by atoms with Gasteiger partial charge in [0.2, 0.25) is 0 Å². The van der Waals surface area contributed by atoms with E-state index in [4.69, 9.17) is 5.73 Å². The lowest BCUT2D eigenvalue weighted by atomic mass is 9.82. The number of rotatable bonds is 4. The first-order valence-corrected chi connectivity index (χ1v) is 5.81. The van der Waals surface area contributed by atoms with Gasteiger partial charge < -0.3 is 10.6 Å². The Hall–Kier alpha value is -0.860. The summed E-state index contributed by atoms with van der Waals surface area (Å²) in [4.78, 5) is 2.19. The fourth-order valence-corrected chi connectivity index (χ4v) is 1.93. The van der Waals surface area contributed by atoms with Gasteiger partial charge in [-0.25, -0.2) is 0 Å². The molecule has 0 aliphatic heterocycles. The fraction of sp³-hybridized carbons (Fsp3) is 0.571. The van der Waals surface area contributed by atoms with Crippen molar-refractivity contribution in [1.82, 2.24) is 4.90 Å². The highest BCUT2D eigenvalue weighted by molar-refractivity contribution is 5.27. The van der Waals surface area contributed by atoms with Crippen LogP contribution in [0.15, 0.2) is 24.3 Å². The molecule has 0 spiro atoms. The second-order valence-corrected chi connectivity index (χ2v) is 5.55. The molecule has 0 saturated heterocycles. The summed E-state index contributed by atoms with van der Waals surface area (Å²) in [6, 6.07) is 8.70. The first kappa shape index (κ1) is 13.2. The Labute approximate surface area is 99.5 Å². The van der Waals surface area contributed by atoms with Crippen LogP contribution >= 0.6 is 0 Å². The Morgan fingerprint density at radius 2 is 1.69 bits per heavy atom. The van der Waals surface area contributed by atoms with Crippen molar-refractivity contribution in [3.63, 3.8) is 0 Å². The predicted octanol–water partition coefficient (Wildman–Crippen LogP) is 2.38. The van der Waals surface area contributed by atoms with E-state index in [0.29, 0.717) is 5.92 Å². The molecule has 1 aromatic carbocycles. The highest BCUT2D eigenvalue weighted by Crippen LogP contribution is 2.26. The molecule has 1 aromatic rings. The van der Waals surface area contributed by atoms with E-state index >= 15 is 0 Å². The van der Waals surface area contributed by atoms with Crippen LogP contribution < -0.4 is 5.73 Å². The summed E-state index contributed by atoms with van der Waals surface area (Å²) in [6.07, 6.45) is 0. The van der Waals surface area contributed by atoms with Crippen molar-refractivity contribution in [2.75, 3.05) is 20.6 Å². The molecule has 1 atom stereocenters. The fourth-order valence-electron chi connectivity index (χ4n) is 1.93. The third-order valence-electron chi connectivity index (χ3n) is 2.93. The SMILES string of the molecule is Cc1ccc(C(CN(C)C)C(C)(C)N)cc1. The molecule has 2 heteroatoms. The Morgan fingerprint density at radius 3 is 2.06 bits per heavy atom. The number of aryl methyl sites for hydroxylation is 1. The number of likely N-dealkylation sites (N-methyl/N-ethyl adjacent to an activating group) is 1. The van der Waals surface area contributed by atoms with Crippen LogP contribution in [0.4, 0.5) is 0 Å². The minimum absolute atomic E-state index is 0.195. The predicted molar refractivity (Wildman–Crippen MR) is 70.7 cm³/mol. The lowest BCUT2D eigenvalue weighted by Crippen LogP contribution is -2.43. The number of hydrogen-bond donors (Lipinski definition) is 1. The number of nitrogens with zero attached hydrogens (tertiary/aromatic N) is 1. The van der Waals surface area contributed by atoms with E-state index in [1.54, 1.807) is 0 Å². The van der Waals surface area contributed by atoms with E-state index in [0.717, 1.165) is 6.54 Å². The summed E-state index contributed by atoms with van der Waals surface area (Å²) in [5, 5.41) is 0. The molecule has 0 bridgehead atoms. The van der Waals surface area contributed by atoms with E-state index in [-0.39, 0.29) is 5.54 Å². The zero-order valence-corrected chi connectivity index (χ0v) is 11.1. The third kappa shape index (κ3) is 3.62. The zero-order valence-electron chi connectivity index (χ0n) is 11.1. The van der Waals surface area contributed by atoms with Crippen LogP contribution in [0, 0.1) is 6.92 Å². The molecule has 0 aliphatic rings. The lowest BCUT2D eigenvalue weighted by molar-refractivity contribution is 0.300. The van der Waals surface area contributed by atoms with Crippen molar-refractivity contribution in [3.8, 4) is 0 Å². The topological polar surface area (TPSA) is 29.3 Å². The summed E-state index contributed by atoms with van der Waals surface area (Å²) in [6.45, 7) is 7.28. The van der Waals surface area contributed by atoms with Crippen molar-refractivity contribution in [3.05, 3.63) is 35.4 Å². The van der Waals surface area contributed by atoms with Gasteiger partial charge in [-0.05, 0) is 40.4 Å². The van der Waals surface area contributed by atoms with Crippen molar-refractivity contribution in [2.24, 2.45) is 5.73 Å². The van der Waals surface area contributed by atoms with Gasteiger partial charge in [-0.3, -0.25) is 0 Å². The minimum atomic E-state index is -0.195. The van der Waals surface area contributed by atoms with E-state index in [1.165, 1.54) is 11.1 Å². The summed E-state index contributed by atoms with van der Waals surface area (Å²) >= 11 is 0. The molecule has 0 amide bonds. The van der Waals surface area contributed by atoms with Crippen molar-refractivity contribution < 1.29 is 0 Å². The van der Waals surface area contributed by atoms with Crippen LogP contribution in [0.3, 0.4) is 0 Å². The van der Waals surface area contributed by atoms with Crippen LogP contribution in [0.5, 0.6) is 0 Å². The van der Waals surface area contributed by atoms with Crippen molar-refractivity contribution in [1.29, 1.82) is 0 Å². The molecule has 0 radical (unpaired) electrons. The highest BCUT2D eigenvalue weighted by Gasteiger charge is 2.26. The smallest absolute Gasteiger partial charge is 0.0178 e. The van der Waals surface area contributed by atoms with Gasteiger partial charge in [0.25, 0.3) is 0 Å². The van der Waals surface area contributed by atoms with Crippen LogP contribution in [0.1, 0.15) is 30.9 Å². The van der Waals surface area contributed by atoms with Gasteiger partial charge >= 0.3 is 0 Å². The molecule has 0 fully saturated rings. The number of nitrogens with two attached hydrogens (primary N) is 1. The Morgan fingerprint density at radius 1 is 1.19 bits per heavy atom. The molecule has 1 rings (SSSR count). The molecule has 0 aromatic heterocycles. The van der Waals surface area contributed by atoms with Gasteiger partial charge in [0, 0.05) is 18.0 Å². The normalized spacial score (nSPS) is 14.2. The summed E-state index contributed by atoms with van der Waals surface area (Å²) in [7, 11) is 4.18. The molecule has 0 aliphatic carbocycles. The molecular formula is C14H24N2. The second kappa shape index (κ2) is 4.98. The van der Waals surface area contributed by atoms with Crippen molar-refractivity contribution >= 4 is 0 Å². The Kier molecular flexibility index (Phi) is 4.11. The number of hydrogen-bond acceptors (Lipinski definition) is 2. The molecule has 0 heterocycles. The summed E-state index contributed by atoms with van der Waals surface area (Å²) < 4.78 is 0. The first-order chi connectivity index (χ1) is 7.30. The standard InChI is InChI=1S/C14H24N2/c1-11-6-8-12(9-7-11)13(10-16(4)5)14(2,3)15/h6-9,13H,10,15H2,1-5H3. The highest BCUT2D eigenvalue weighted by atomic mass is 15.1. The summed E-state index contributed by atoms with van der Waals surface area (Å²) in [5.74, 6) is 0.364. The van der Waals surface area contributed by atoms with E-state index < -0.39 is 0 Å². The maximum absolute atomic E-state index is 6.27. The lowest BCUT2D eigenvalue weighted by Gasteiger charge is -2.33. The van der Waals surface area contributed by atoms with Crippen LogP contribution in [0.2, 0.25) is 0 Å². The molecule has 2 N–H and O–H groups in total. The second-order valence-electron chi connectivity index (χ2n) is 5.55. The van der Waals surface area contributed by atoms with Crippen LogP contribution in [-0.4, -0.2) is 31.1 Å². The maximum Gasteiger partial charge on any atom is 0.0178 e. The van der Waals surface area contributed by atoms with Gasteiger partial charge in [0.05, 0.1) is 0 Å². The van der Waals surface area contributed by atoms with Crippen LogP contribution in [-0.2, 0) is 0 Å². The van der Waals surface area contributed by atoms with E-state index in [1.807, 2.05) is 0 Å². The van der Waals surface area contributed by atoms with Gasteiger partial charge in [0.1, 0.15) is 0 Å². The van der Waals surface area contributed by atoms with Gasteiger partial charge in [-0.15, -0.1) is 0 Å². The zero-order chi connectivity index (χ0) is 12.3. The molecule has 16 heavy (non-hydrogen) atoms. The molecular weight excluding hydrogens is 196 g/mol. The Balaban J connectivity index is 2.97. The summed E-state index contributed by atoms with van der Waals surface area (Å²) in [5.41, 5.74) is 8.70.